The Morgan fingerprint density at radius 2 is 1.17 bits per heavy atom. The number of ether oxygens (including phenoxy) is 2. The van der Waals surface area contributed by atoms with E-state index < -0.39 is 5.97 Å². The monoisotopic (exact) mass is 415 g/mol. The first-order chi connectivity index (χ1) is 14.2. The molecule has 0 fully saturated rings. The zero-order valence-electron chi connectivity index (χ0n) is 18.0. The number of carboxylic acid groups (broad SMARTS) is 1. The zero-order chi connectivity index (χ0) is 21.4. The second kappa shape index (κ2) is 22.8. The van der Waals surface area contributed by atoms with E-state index in [0.717, 1.165) is 32.1 Å². The third-order valence-corrected chi connectivity index (χ3v) is 4.67. The van der Waals surface area contributed by atoms with Crippen LogP contribution < -0.4 is 5.32 Å². The van der Waals surface area contributed by atoms with Crippen molar-refractivity contribution in [3.05, 3.63) is 0 Å². The van der Waals surface area contributed by atoms with Crippen LogP contribution >= 0.6 is 0 Å². The Morgan fingerprint density at radius 3 is 1.69 bits per heavy atom. The van der Waals surface area contributed by atoms with E-state index in [1.165, 1.54) is 44.9 Å². The van der Waals surface area contributed by atoms with Crippen LogP contribution in [0.3, 0.4) is 0 Å². The summed E-state index contributed by atoms with van der Waals surface area (Å²) in [5.41, 5.74) is 0. The van der Waals surface area contributed by atoms with Gasteiger partial charge in [-0.15, -0.1) is 0 Å². The summed E-state index contributed by atoms with van der Waals surface area (Å²) in [6.45, 7) is 1.88. The molecule has 0 aromatic heterocycles. The summed E-state index contributed by atoms with van der Waals surface area (Å²) in [4.78, 5) is 32.1. The number of carboxylic acids is 1. The fourth-order valence-corrected chi connectivity index (χ4v) is 3.03. The lowest BCUT2D eigenvalue weighted by Gasteiger charge is -2.06. The van der Waals surface area contributed by atoms with Crippen LogP contribution in [0, 0.1) is 0 Å². The van der Waals surface area contributed by atoms with Crippen molar-refractivity contribution in [3.8, 4) is 0 Å². The average molecular weight is 416 g/mol. The lowest BCUT2D eigenvalue weighted by Crippen LogP contribution is -2.27. The van der Waals surface area contributed by atoms with Gasteiger partial charge >= 0.3 is 5.97 Å². The number of aldehydes is 1. The average Bonchev–Trinajstić information content (AvgIpc) is 2.70. The minimum absolute atomic E-state index is 0.0779. The van der Waals surface area contributed by atoms with Gasteiger partial charge in [0.1, 0.15) is 12.9 Å². The van der Waals surface area contributed by atoms with Gasteiger partial charge in [-0.2, -0.15) is 0 Å². The van der Waals surface area contributed by atoms with Crippen LogP contribution in [0.25, 0.3) is 0 Å². The minimum Gasteiger partial charge on any atom is -0.481 e. The second-order valence-electron chi connectivity index (χ2n) is 7.34. The highest BCUT2D eigenvalue weighted by Crippen LogP contribution is 2.13. The number of carbonyl (C=O) groups is 3. The zero-order valence-corrected chi connectivity index (χ0v) is 18.0. The van der Waals surface area contributed by atoms with E-state index in [4.69, 9.17) is 14.6 Å². The lowest BCUT2D eigenvalue weighted by molar-refractivity contribution is -0.137. The van der Waals surface area contributed by atoms with E-state index >= 15 is 0 Å². The molecule has 0 saturated carbocycles. The molecule has 0 bridgehead atoms. The highest BCUT2D eigenvalue weighted by Gasteiger charge is 2.01. The molecular formula is C22H41NO6. The smallest absolute Gasteiger partial charge is 0.303 e. The SMILES string of the molecule is O=CCOCCOCCNC(=O)CCCCCCCCCCCCCCC(=O)O. The molecule has 29 heavy (non-hydrogen) atoms. The maximum Gasteiger partial charge on any atom is 0.303 e. The Balaban J connectivity index is 3.15. The van der Waals surface area contributed by atoms with Crippen LogP contribution in [0.4, 0.5) is 0 Å². The van der Waals surface area contributed by atoms with E-state index in [1.807, 2.05) is 0 Å². The van der Waals surface area contributed by atoms with Gasteiger partial charge in [-0.3, -0.25) is 9.59 Å². The van der Waals surface area contributed by atoms with Crippen LogP contribution in [-0.4, -0.2) is 56.2 Å². The van der Waals surface area contributed by atoms with E-state index in [2.05, 4.69) is 5.32 Å². The molecule has 0 aromatic rings. The Hall–Kier alpha value is -1.47. The number of rotatable bonds is 23. The normalized spacial score (nSPS) is 10.8. The lowest BCUT2D eigenvalue weighted by atomic mass is 10.0. The number of nitrogens with one attached hydrogen (secondary N) is 1. The molecule has 1 amide bonds. The first-order valence-corrected chi connectivity index (χ1v) is 11.2. The first-order valence-electron chi connectivity index (χ1n) is 11.2. The van der Waals surface area contributed by atoms with Crippen molar-refractivity contribution in [3.63, 3.8) is 0 Å². The fraction of sp³-hybridized carbons (Fsp3) is 0.864. The highest BCUT2D eigenvalue weighted by atomic mass is 16.5. The van der Waals surface area contributed by atoms with Gasteiger partial charge in [-0.05, 0) is 12.8 Å². The summed E-state index contributed by atoms with van der Waals surface area (Å²) < 4.78 is 10.2. The number of carbonyl (C=O) groups excluding carboxylic acids is 2. The summed E-state index contributed by atoms with van der Waals surface area (Å²) in [5.74, 6) is -0.611. The second-order valence-corrected chi connectivity index (χ2v) is 7.34. The molecule has 0 aliphatic rings. The van der Waals surface area contributed by atoms with Gasteiger partial charge in [0.05, 0.1) is 19.8 Å². The van der Waals surface area contributed by atoms with Gasteiger partial charge in [0.25, 0.3) is 0 Å². The summed E-state index contributed by atoms with van der Waals surface area (Å²) in [6.07, 6.45) is 15.3. The molecule has 0 unspecified atom stereocenters. The Bertz CT molecular complexity index is 403. The highest BCUT2D eigenvalue weighted by molar-refractivity contribution is 5.75. The van der Waals surface area contributed by atoms with Gasteiger partial charge in [0, 0.05) is 19.4 Å². The van der Waals surface area contributed by atoms with Crippen molar-refractivity contribution in [2.45, 2.75) is 89.9 Å². The molecule has 0 rings (SSSR count). The summed E-state index contributed by atoms with van der Waals surface area (Å²) >= 11 is 0. The largest absolute Gasteiger partial charge is 0.481 e. The summed E-state index contributed by atoms with van der Waals surface area (Å²) in [5, 5.41) is 11.4. The van der Waals surface area contributed by atoms with Crippen molar-refractivity contribution in [2.24, 2.45) is 0 Å². The van der Waals surface area contributed by atoms with Crippen molar-refractivity contribution in [2.75, 3.05) is 33.0 Å². The van der Waals surface area contributed by atoms with Crippen LogP contribution in [-0.2, 0) is 23.9 Å². The minimum atomic E-state index is -0.689. The molecule has 0 radical (unpaired) electrons. The standard InChI is InChI=1S/C22H41NO6/c24-16-18-29-20-19-28-17-15-23-21(25)13-11-9-7-5-3-1-2-4-6-8-10-12-14-22(26)27/h16H,1-15,17-20H2,(H,23,25)(H,26,27). The number of aliphatic carboxylic acids is 1. The van der Waals surface area contributed by atoms with Crippen LogP contribution in [0.15, 0.2) is 0 Å². The topological polar surface area (TPSA) is 102 Å². The van der Waals surface area contributed by atoms with Gasteiger partial charge in [-0.1, -0.05) is 64.2 Å². The molecule has 7 heteroatoms. The van der Waals surface area contributed by atoms with Crippen molar-refractivity contribution in [1.82, 2.24) is 5.32 Å². The molecule has 0 aliphatic heterocycles. The molecule has 0 saturated heterocycles. The fourth-order valence-electron chi connectivity index (χ4n) is 3.03. The van der Waals surface area contributed by atoms with Gasteiger partial charge in [0.2, 0.25) is 5.91 Å². The van der Waals surface area contributed by atoms with Gasteiger partial charge in [0.15, 0.2) is 0 Å². The van der Waals surface area contributed by atoms with E-state index in [-0.39, 0.29) is 12.5 Å². The number of hydrogen-bond donors (Lipinski definition) is 2. The number of hydrogen-bond acceptors (Lipinski definition) is 5. The Labute approximate surface area is 175 Å². The van der Waals surface area contributed by atoms with Crippen LogP contribution in [0.5, 0.6) is 0 Å². The Kier molecular flexibility index (Phi) is 21.7. The molecular weight excluding hydrogens is 374 g/mol. The maximum atomic E-state index is 11.7. The molecule has 2 N–H and O–H groups in total. The molecule has 0 heterocycles. The predicted octanol–water partition coefficient (Wildman–Crippen LogP) is 3.88. The molecule has 0 aliphatic carbocycles. The molecule has 7 nitrogen and oxygen atoms in total. The predicted molar refractivity (Wildman–Crippen MR) is 113 cm³/mol. The number of unbranched alkanes of at least 4 members (excludes halogenated alkanes) is 11. The van der Waals surface area contributed by atoms with Crippen LogP contribution in [0.2, 0.25) is 0 Å². The molecule has 0 aromatic carbocycles. The number of amides is 1. The van der Waals surface area contributed by atoms with Crippen molar-refractivity contribution >= 4 is 18.2 Å². The van der Waals surface area contributed by atoms with E-state index in [0.29, 0.717) is 45.5 Å². The van der Waals surface area contributed by atoms with Crippen LogP contribution in [0.1, 0.15) is 89.9 Å². The maximum absolute atomic E-state index is 11.7. The molecule has 0 atom stereocenters. The molecule has 170 valence electrons. The quantitative estimate of drug-likeness (QED) is 0.194. The van der Waals surface area contributed by atoms with E-state index in [1.54, 1.807) is 0 Å². The van der Waals surface area contributed by atoms with E-state index in [9.17, 15) is 14.4 Å². The third kappa shape index (κ3) is 24.5. The van der Waals surface area contributed by atoms with Gasteiger partial charge in [-0.25, -0.2) is 0 Å². The van der Waals surface area contributed by atoms with Crippen molar-refractivity contribution < 1.29 is 29.0 Å². The summed E-state index contributed by atoms with van der Waals surface area (Å²) in [7, 11) is 0. The Morgan fingerprint density at radius 1 is 0.690 bits per heavy atom. The third-order valence-electron chi connectivity index (χ3n) is 4.67. The molecule has 0 spiro atoms. The summed E-state index contributed by atoms with van der Waals surface area (Å²) in [6, 6.07) is 0. The van der Waals surface area contributed by atoms with Crippen molar-refractivity contribution in [1.29, 1.82) is 0 Å². The van der Waals surface area contributed by atoms with Gasteiger partial charge < -0.3 is 24.7 Å². The first kappa shape index (κ1) is 27.5.